The second-order valence-corrected chi connectivity index (χ2v) is 6.85. The fourth-order valence-electron chi connectivity index (χ4n) is 3.52. The average molecular weight is 395 g/mol. The van der Waals surface area contributed by atoms with Crippen LogP contribution in [-0.2, 0) is 9.59 Å². The highest BCUT2D eigenvalue weighted by Gasteiger charge is 2.45. The van der Waals surface area contributed by atoms with E-state index in [9.17, 15) is 14.7 Å². The summed E-state index contributed by atoms with van der Waals surface area (Å²) in [5.74, 6) is -0.337. The second-order valence-electron chi connectivity index (χ2n) is 6.85. The molecule has 3 rings (SSSR count). The number of methoxy groups -OCH3 is 2. The van der Waals surface area contributed by atoms with Crippen LogP contribution < -0.4 is 9.47 Å². The number of rotatable bonds is 7. The van der Waals surface area contributed by atoms with E-state index in [0.717, 1.165) is 12.8 Å². The smallest absolute Gasteiger partial charge is 0.295 e. The molecule has 1 amide bonds. The molecule has 152 valence electrons. The zero-order valence-corrected chi connectivity index (χ0v) is 16.8. The van der Waals surface area contributed by atoms with E-state index in [2.05, 4.69) is 0 Å². The number of hydrogen-bond donors (Lipinski definition) is 1. The molecular weight excluding hydrogens is 370 g/mol. The number of ketones is 1. The topological polar surface area (TPSA) is 76.1 Å². The van der Waals surface area contributed by atoms with Gasteiger partial charge < -0.3 is 19.5 Å². The predicted molar refractivity (Wildman–Crippen MR) is 110 cm³/mol. The fraction of sp³-hybridized carbons (Fsp3) is 0.304. The van der Waals surface area contributed by atoms with Gasteiger partial charge in [-0.3, -0.25) is 9.59 Å². The summed E-state index contributed by atoms with van der Waals surface area (Å²) >= 11 is 0. The molecule has 1 aliphatic rings. The monoisotopic (exact) mass is 395 g/mol. The Hall–Kier alpha value is -3.28. The van der Waals surface area contributed by atoms with Crippen molar-refractivity contribution in [2.75, 3.05) is 20.8 Å². The summed E-state index contributed by atoms with van der Waals surface area (Å²) in [6, 6.07) is 13.3. The first kappa shape index (κ1) is 20.5. The van der Waals surface area contributed by atoms with E-state index >= 15 is 0 Å². The predicted octanol–water partition coefficient (Wildman–Crippen LogP) is 3.93. The first-order valence-electron chi connectivity index (χ1n) is 9.58. The molecule has 0 aromatic heterocycles. The number of ether oxygens (including phenoxy) is 2. The second kappa shape index (κ2) is 8.82. The van der Waals surface area contributed by atoms with E-state index in [0.29, 0.717) is 29.2 Å². The van der Waals surface area contributed by atoms with Crippen molar-refractivity contribution in [1.82, 2.24) is 4.90 Å². The molecule has 2 aromatic rings. The Balaban J connectivity index is 2.17. The van der Waals surface area contributed by atoms with Crippen LogP contribution in [0.4, 0.5) is 0 Å². The van der Waals surface area contributed by atoms with Crippen molar-refractivity contribution in [1.29, 1.82) is 0 Å². The molecule has 1 heterocycles. The molecule has 0 saturated carbocycles. The molecule has 0 aliphatic carbocycles. The van der Waals surface area contributed by atoms with Gasteiger partial charge in [-0.2, -0.15) is 0 Å². The van der Waals surface area contributed by atoms with E-state index in [4.69, 9.17) is 9.47 Å². The first-order chi connectivity index (χ1) is 14.0. The van der Waals surface area contributed by atoms with E-state index in [-0.39, 0.29) is 11.3 Å². The van der Waals surface area contributed by atoms with Crippen molar-refractivity contribution in [3.63, 3.8) is 0 Å². The van der Waals surface area contributed by atoms with Gasteiger partial charge in [-0.05, 0) is 36.2 Å². The quantitative estimate of drug-likeness (QED) is 0.437. The lowest BCUT2D eigenvalue weighted by Crippen LogP contribution is -2.30. The highest BCUT2D eigenvalue weighted by molar-refractivity contribution is 6.46. The van der Waals surface area contributed by atoms with Crippen LogP contribution in [0.2, 0.25) is 0 Å². The standard InChI is InChI=1S/C23H25NO5/c1-4-5-12-24-20(15-8-6-10-17(13-15)28-2)19(22(26)23(24)27)21(25)16-9-7-11-18(14-16)29-3/h6-11,13-14,20,25H,4-5,12H2,1-3H3/b21-19-. The van der Waals surface area contributed by atoms with Crippen LogP contribution in [0.25, 0.3) is 5.76 Å². The number of aliphatic hydroxyl groups is 1. The van der Waals surface area contributed by atoms with Gasteiger partial charge >= 0.3 is 0 Å². The molecule has 1 unspecified atom stereocenters. The number of amides is 1. The van der Waals surface area contributed by atoms with E-state index in [1.165, 1.54) is 12.0 Å². The normalized spacial score (nSPS) is 18.2. The Kier molecular flexibility index (Phi) is 6.22. The highest BCUT2D eigenvalue weighted by atomic mass is 16.5. The van der Waals surface area contributed by atoms with Crippen LogP contribution in [0.1, 0.15) is 36.9 Å². The first-order valence-corrected chi connectivity index (χ1v) is 9.58. The lowest BCUT2D eigenvalue weighted by Gasteiger charge is -2.25. The minimum atomic E-state index is -0.686. The van der Waals surface area contributed by atoms with Gasteiger partial charge in [0.1, 0.15) is 17.3 Å². The number of carbonyl (C=O) groups is 2. The maximum absolute atomic E-state index is 12.9. The Morgan fingerprint density at radius 2 is 1.69 bits per heavy atom. The molecule has 2 aromatic carbocycles. The maximum atomic E-state index is 12.9. The number of benzene rings is 2. The molecule has 0 radical (unpaired) electrons. The summed E-state index contributed by atoms with van der Waals surface area (Å²) < 4.78 is 10.5. The summed E-state index contributed by atoms with van der Waals surface area (Å²) in [5, 5.41) is 11.0. The fourth-order valence-corrected chi connectivity index (χ4v) is 3.52. The number of hydrogen-bond acceptors (Lipinski definition) is 5. The van der Waals surface area contributed by atoms with Crippen LogP contribution in [0.15, 0.2) is 54.1 Å². The van der Waals surface area contributed by atoms with Crippen molar-refractivity contribution in [3.8, 4) is 11.5 Å². The Labute approximate surface area is 170 Å². The zero-order chi connectivity index (χ0) is 21.0. The summed E-state index contributed by atoms with van der Waals surface area (Å²) in [6.45, 7) is 2.45. The van der Waals surface area contributed by atoms with Crippen LogP contribution in [-0.4, -0.2) is 42.5 Å². The Morgan fingerprint density at radius 3 is 2.34 bits per heavy atom. The van der Waals surface area contributed by atoms with E-state index < -0.39 is 17.7 Å². The molecule has 0 bridgehead atoms. The van der Waals surface area contributed by atoms with Crippen molar-refractivity contribution in [3.05, 3.63) is 65.2 Å². The van der Waals surface area contributed by atoms with E-state index in [1.54, 1.807) is 49.6 Å². The molecule has 1 fully saturated rings. The molecular formula is C23H25NO5. The van der Waals surface area contributed by atoms with Gasteiger partial charge in [0.15, 0.2) is 0 Å². The molecule has 1 saturated heterocycles. The van der Waals surface area contributed by atoms with Gasteiger partial charge in [-0.25, -0.2) is 0 Å². The molecule has 1 aliphatic heterocycles. The summed E-state index contributed by atoms with van der Waals surface area (Å²) in [4.78, 5) is 27.2. The number of aliphatic hydroxyl groups excluding tert-OH is 1. The minimum Gasteiger partial charge on any atom is -0.507 e. The summed E-state index contributed by atoms with van der Waals surface area (Å²) in [6.07, 6.45) is 1.64. The lowest BCUT2D eigenvalue weighted by molar-refractivity contribution is -0.139. The maximum Gasteiger partial charge on any atom is 0.295 e. The van der Waals surface area contributed by atoms with Gasteiger partial charge in [-0.15, -0.1) is 0 Å². The van der Waals surface area contributed by atoms with Gasteiger partial charge in [-0.1, -0.05) is 37.6 Å². The third kappa shape index (κ3) is 3.97. The summed E-state index contributed by atoms with van der Waals surface area (Å²) in [5.41, 5.74) is 1.21. The molecule has 6 nitrogen and oxygen atoms in total. The van der Waals surface area contributed by atoms with Gasteiger partial charge in [0.2, 0.25) is 0 Å². The molecule has 0 spiro atoms. The highest BCUT2D eigenvalue weighted by Crippen LogP contribution is 2.40. The van der Waals surface area contributed by atoms with Crippen LogP contribution in [0.5, 0.6) is 11.5 Å². The molecule has 1 N–H and O–H groups in total. The average Bonchev–Trinajstić information content (AvgIpc) is 3.01. The summed E-state index contributed by atoms with van der Waals surface area (Å²) in [7, 11) is 3.09. The molecule has 6 heteroatoms. The number of unbranched alkanes of at least 4 members (excludes halogenated alkanes) is 1. The third-order valence-corrected chi connectivity index (χ3v) is 5.05. The van der Waals surface area contributed by atoms with Gasteiger partial charge in [0.25, 0.3) is 11.7 Å². The number of Topliss-reactive ketones (excluding diaryl/α,β-unsaturated/α-hetero) is 1. The van der Waals surface area contributed by atoms with Gasteiger partial charge in [0, 0.05) is 12.1 Å². The molecule has 29 heavy (non-hydrogen) atoms. The van der Waals surface area contributed by atoms with Crippen molar-refractivity contribution < 1.29 is 24.2 Å². The number of carbonyl (C=O) groups excluding carboxylic acids is 2. The van der Waals surface area contributed by atoms with Crippen molar-refractivity contribution in [2.45, 2.75) is 25.8 Å². The van der Waals surface area contributed by atoms with Crippen LogP contribution in [0.3, 0.4) is 0 Å². The number of nitrogens with zero attached hydrogens (tertiary/aromatic N) is 1. The third-order valence-electron chi connectivity index (χ3n) is 5.05. The zero-order valence-electron chi connectivity index (χ0n) is 16.8. The largest absolute Gasteiger partial charge is 0.507 e. The Morgan fingerprint density at radius 1 is 1.03 bits per heavy atom. The number of likely N-dealkylation sites (tertiary alicyclic amines) is 1. The van der Waals surface area contributed by atoms with Crippen LogP contribution >= 0.6 is 0 Å². The molecule has 1 atom stereocenters. The van der Waals surface area contributed by atoms with Crippen molar-refractivity contribution >= 4 is 17.4 Å². The SMILES string of the molecule is CCCCN1C(=O)C(=O)/C(=C(\O)c2cccc(OC)c2)C1c1cccc(OC)c1. The van der Waals surface area contributed by atoms with Gasteiger partial charge in [0.05, 0.1) is 25.8 Å². The van der Waals surface area contributed by atoms with Crippen LogP contribution in [0, 0.1) is 0 Å². The van der Waals surface area contributed by atoms with Crippen molar-refractivity contribution in [2.24, 2.45) is 0 Å². The van der Waals surface area contributed by atoms with E-state index in [1.807, 2.05) is 13.0 Å². The lowest BCUT2D eigenvalue weighted by atomic mass is 9.95. The Bertz CT molecular complexity index is 950. The minimum absolute atomic E-state index is 0.0765.